The Bertz CT molecular complexity index is 1550. The molecule has 2 saturated heterocycles. The molecular weight excluding hydrogens is 967 g/mol. The molecule has 12 unspecified atom stereocenters. The lowest BCUT2D eigenvalue weighted by Gasteiger charge is -2.46. The maximum absolute atomic E-state index is 13.2. The standard InChI is InChI=1S/C62H109NO13/c1-3-5-7-9-11-12-13-14-15-16-17-18-19-20-21-22-23-24-25-26-27-28-29-30-31-32-33-34-35-36-37-38-40-42-44-46-54(67)63-50(51(66)45-43-41-39-10-8-6-4-2)49-73-61-59(72)57(70)60(53(48-65)75-61)76-62-58(71)56(69)55(68)52(47-64)74-62/h5,7,11-12,14-15,17-18,20-21,43,45,50-53,55-62,64-66,68-72H,3-4,6,8-10,13,16,19,22-42,44,46-49H2,1-2H3,(H,63,67)/b7-5-,12-11-,15-14-,18-17-,21-20-,45-43+. The molecule has 0 aliphatic carbocycles. The van der Waals surface area contributed by atoms with Crippen LogP contribution >= 0.6 is 0 Å². The van der Waals surface area contributed by atoms with Crippen LogP contribution in [0.3, 0.4) is 0 Å². The maximum atomic E-state index is 13.2. The fourth-order valence-electron chi connectivity index (χ4n) is 9.55. The minimum absolute atomic E-state index is 0.244. The van der Waals surface area contributed by atoms with Gasteiger partial charge in [-0.15, -0.1) is 0 Å². The van der Waals surface area contributed by atoms with Gasteiger partial charge in [0.1, 0.15) is 48.8 Å². The van der Waals surface area contributed by atoms with Gasteiger partial charge in [-0.25, -0.2) is 0 Å². The second-order valence-electron chi connectivity index (χ2n) is 21.1. The first kappa shape index (κ1) is 69.5. The first-order valence-electron chi connectivity index (χ1n) is 30.2. The molecule has 0 spiro atoms. The van der Waals surface area contributed by atoms with E-state index in [2.05, 4.69) is 79.9 Å². The summed E-state index contributed by atoms with van der Waals surface area (Å²) in [5.74, 6) is -0.244. The Hall–Kier alpha value is -2.57. The Morgan fingerprint density at radius 1 is 0.487 bits per heavy atom. The van der Waals surface area contributed by atoms with Crippen LogP contribution in [-0.4, -0.2) is 140 Å². The summed E-state index contributed by atoms with van der Waals surface area (Å²) < 4.78 is 22.7. The van der Waals surface area contributed by atoms with Gasteiger partial charge in [0, 0.05) is 6.42 Å². The molecule has 1 amide bonds. The van der Waals surface area contributed by atoms with Crippen LogP contribution in [0.25, 0.3) is 0 Å². The third-order valence-corrected chi connectivity index (χ3v) is 14.4. The monoisotopic (exact) mass is 1080 g/mol. The Morgan fingerprint density at radius 3 is 1.39 bits per heavy atom. The zero-order valence-corrected chi connectivity index (χ0v) is 47.2. The molecule has 0 aromatic rings. The van der Waals surface area contributed by atoms with E-state index in [0.29, 0.717) is 6.42 Å². The van der Waals surface area contributed by atoms with Crippen molar-refractivity contribution in [3.05, 3.63) is 72.9 Å². The van der Waals surface area contributed by atoms with Gasteiger partial charge in [0.15, 0.2) is 12.6 Å². The average Bonchev–Trinajstić information content (AvgIpc) is 3.42. The molecule has 9 N–H and O–H groups in total. The number of rotatable bonds is 47. The van der Waals surface area contributed by atoms with E-state index in [-0.39, 0.29) is 18.9 Å². The number of ether oxygens (including phenoxy) is 4. The number of hydrogen-bond donors (Lipinski definition) is 9. The van der Waals surface area contributed by atoms with E-state index in [0.717, 1.165) is 83.5 Å². The highest BCUT2D eigenvalue weighted by molar-refractivity contribution is 5.76. The van der Waals surface area contributed by atoms with Crippen molar-refractivity contribution in [3.63, 3.8) is 0 Å². The number of hydrogen-bond acceptors (Lipinski definition) is 13. The van der Waals surface area contributed by atoms with Gasteiger partial charge in [0.2, 0.25) is 5.91 Å². The number of amides is 1. The molecule has 12 atom stereocenters. The van der Waals surface area contributed by atoms with Crippen molar-refractivity contribution in [1.82, 2.24) is 5.32 Å². The second kappa shape index (κ2) is 47.3. The van der Waals surface area contributed by atoms with E-state index >= 15 is 0 Å². The summed E-state index contributed by atoms with van der Waals surface area (Å²) in [4.78, 5) is 13.2. The van der Waals surface area contributed by atoms with Crippen LogP contribution in [-0.2, 0) is 23.7 Å². The molecule has 2 aliphatic heterocycles. The number of carbonyl (C=O) groups is 1. The number of aliphatic hydroxyl groups excluding tert-OH is 8. The minimum Gasteiger partial charge on any atom is -0.394 e. The van der Waals surface area contributed by atoms with Gasteiger partial charge >= 0.3 is 0 Å². The molecule has 2 rings (SSSR count). The van der Waals surface area contributed by atoms with Gasteiger partial charge in [0.05, 0.1) is 32.0 Å². The van der Waals surface area contributed by atoms with Crippen LogP contribution in [0.2, 0.25) is 0 Å². The van der Waals surface area contributed by atoms with Crippen LogP contribution in [0.15, 0.2) is 72.9 Å². The van der Waals surface area contributed by atoms with Crippen molar-refractivity contribution in [2.45, 2.75) is 293 Å². The second-order valence-corrected chi connectivity index (χ2v) is 21.1. The Balaban J connectivity index is 1.55. The van der Waals surface area contributed by atoms with Gasteiger partial charge in [-0.05, 0) is 64.2 Å². The third kappa shape index (κ3) is 32.5. The molecule has 14 heteroatoms. The van der Waals surface area contributed by atoms with Gasteiger partial charge < -0.3 is 65.1 Å². The van der Waals surface area contributed by atoms with E-state index in [1.807, 2.05) is 6.08 Å². The highest BCUT2D eigenvalue weighted by Gasteiger charge is 2.51. The number of nitrogens with one attached hydrogen (secondary N) is 1. The first-order chi connectivity index (χ1) is 37.1. The number of allylic oxidation sites excluding steroid dienone is 11. The summed E-state index contributed by atoms with van der Waals surface area (Å²) in [6.45, 7) is 2.61. The predicted octanol–water partition coefficient (Wildman–Crippen LogP) is 10.3. The van der Waals surface area contributed by atoms with Crippen molar-refractivity contribution in [3.8, 4) is 0 Å². The van der Waals surface area contributed by atoms with E-state index in [1.54, 1.807) is 6.08 Å². The topological polar surface area (TPSA) is 228 Å². The molecule has 2 fully saturated rings. The average molecular weight is 1080 g/mol. The van der Waals surface area contributed by atoms with Crippen LogP contribution in [0.1, 0.15) is 219 Å². The largest absolute Gasteiger partial charge is 0.394 e. The summed E-state index contributed by atoms with van der Waals surface area (Å²) in [7, 11) is 0. The summed E-state index contributed by atoms with van der Waals surface area (Å²) in [5.41, 5.74) is 0. The zero-order chi connectivity index (χ0) is 55.3. The van der Waals surface area contributed by atoms with Crippen LogP contribution in [0.5, 0.6) is 0 Å². The van der Waals surface area contributed by atoms with Gasteiger partial charge in [-0.1, -0.05) is 222 Å². The number of aliphatic hydroxyl groups is 8. The molecule has 440 valence electrons. The van der Waals surface area contributed by atoms with Gasteiger partial charge in [0.25, 0.3) is 0 Å². The lowest BCUT2D eigenvalue weighted by Crippen LogP contribution is -2.65. The summed E-state index contributed by atoms with van der Waals surface area (Å²) in [6.07, 6.45) is 45.8. The fraction of sp³-hybridized carbons (Fsp3) is 0.790. The van der Waals surface area contributed by atoms with Gasteiger partial charge in [-0.3, -0.25) is 4.79 Å². The fourth-order valence-corrected chi connectivity index (χ4v) is 9.55. The molecule has 2 heterocycles. The number of carbonyl (C=O) groups excluding carboxylic acids is 1. The summed E-state index contributed by atoms with van der Waals surface area (Å²) >= 11 is 0. The Kier molecular flexibility index (Phi) is 43.2. The van der Waals surface area contributed by atoms with E-state index in [4.69, 9.17) is 18.9 Å². The van der Waals surface area contributed by atoms with Crippen LogP contribution in [0.4, 0.5) is 0 Å². The molecular formula is C62H109NO13. The van der Waals surface area contributed by atoms with Crippen LogP contribution < -0.4 is 5.32 Å². The van der Waals surface area contributed by atoms with Crippen molar-refractivity contribution in [2.24, 2.45) is 0 Å². The molecule has 0 radical (unpaired) electrons. The van der Waals surface area contributed by atoms with Crippen molar-refractivity contribution >= 4 is 5.91 Å². The predicted molar refractivity (Wildman–Crippen MR) is 304 cm³/mol. The normalized spacial score (nSPS) is 25.4. The lowest BCUT2D eigenvalue weighted by molar-refractivity contribution is -0.359. The highest BCUT2D eigenvalue weighted by atomic mass is 16.7. The quantitative estimate of drug-likeness (QED) is 0.0204. The Morgan fingerprint density at radius 2 is 0.908 bits per heavy atom. The van der Waals surface area contributed by atoms with E-state index in [1.165, 1.54) is 109 Å². The van der Waals surface area contributed by atoms with E-state index in [9.17, 15) is 45.6 Å². The highest BCUT2D eigenvalue weighted by Crippen LogP contribution is 2.30. The molecule has 0 aromatic heterocycles. The van der Waals surface area contributed by atoms with Crippen LogP contribution in [0, 0.1) is 0 Å². The third-order valence-electron chi connectivity index (χ3n) is 14.4. The molecule has 14 nitrogen and oxygen atoms in total. The smallest absolute Gasteiger partial charge is 0.220 e. The molecule has 0 bridgehead atoms. The lowest BCUT2D eigenvalue weighted by atomic mass is 9.97. The SMILES string of the molecule is CC/C=C\C/C=C\C/C=C\C/C=C\C/C=C\CCCCCCCCCCCCCCCCCCCCCC(=O)NC(COC1OC(CO)C(OC2OC(CO)C(O)C(O)C2O)C(O)C1O)C(O)/C=C/CCCCCCC. The first-order valence-corrected chi connectivity index (χ1v) is 30.2. The zero-order valence-electron chi connectivity index (χ0n) is 47.2. The summed E-state index contributed by atoms with van der Waals surface area (Å²) in [5, 5.41) is 86.6. The summed E-state index contributed by atoms with van der Waals surface area (Å²) in [6, 6.07) is -0.912. The Labute approximate surface area is 459 Å². The van der Waals surface area contributed by atoms with E-state index < -0.39 is 86.8 Å². The molecule has 76 heavy (non-hydrogen) atoms. The molecule has 0 saturated carbocycles. The number of unbranched alkanes of at least 4 members (excludes halogenated alkanes) is 24. The van der Waals surface area contributed by atoms with Crippen molar-refractivity contribution in [2.75, 3.05) is 19.8 Å². The minimum atomic E-state index is -1.79. The molecule has 0 aromatic carbocycles. The van der Waals surface area contributed by atoms with Crippen molar-refractivity contribution < 1.29 is 64.6 Å². The maximum Gasteiger partial charge on any atom is 0.220 e. The van der Waals surface area contributed by atoms with Crippen molar-refractivity contribution in [1.29, 1.82) is 0 Å². The molecule has 2 aliphatic rings. The van der Waals surface area contributed by atoms with Gasteiger partial charge in [-0.2, -0.15) is 0 Å².